The standard InChI is InChI=1S/C72H130O6/c1-4-7-10-13-16-19-22-25-28-30-31-32-33-34-35-36-37-38-39-40-41-43-44-47-50-53-56-59-62-65-71(74)77-68-69(67-76-70(73)64-61-58-55-52-49-46-27-24-21-18-15-12-9-6-3)78-72(75)66-63-60-57-54-51-48-45-42-29-26-23-20-17-14-11-8-5-2/h7,10,16,19,25,28,31-32,34-35,69H,4-6,8-9,11-15,17-18,20-24,26-27,29-30,33,36-68H2,1-3H3/b10-7-,19-16-,28-25-,32-31-,35-34-. The molecule has 0 aromatic rings. The van der Waals surface area contributed by atoms with Crippen molar-refractivity contribution in [1.29, 1.82) is 0 Å². The summed E-state index contributed by atoms with van der Waals surface area (Å²) in [5.41, 5.74) is 0. The van der Waals surface area contributed by atoms with Crippen LogP contribution in [0.4, 0.5) is 0 Å². The van der Waals surface area contributed by atoms with Crippen LogP contribution in [-0.2, 0) is 28.6 Å². The van der Waals surface area contributed by atoms with E-state index >= 15 is 0 Å². The molecule has 6 nitrogen and oxygen atoms in total. The van der Waals surface area contributed by atoms with Gasteiger partial charge in [0, 0.05) is 19.3 Å². The second-order valence-electron chi connectivity index (χ2n) is 23.1. The van der Waals surface area contributed by atoms with Crippen molar-refractivity contribution in [3.63, 3.8) is 0 Å². The average molecular weight is 1090 g/mol. The summed E-state index contributed by atoms with van der Waals surface area (Å²) in [5.74, 6) is -0.843. The molecule has 0 saturated heterocycles. The van der Waals surface area contributed by atoms with Crippen LogP contribution in [0.25, 0.3) is 0 Å². The van der Waals surface area contributed by atoms with E-state index < -0.39 is 6.10 Å². The zero-order chi connectivity index (χ0) is 56.4. The minimum Gasteiger partial charge on any atom is -0.462 e. The summed E-state index contributed by atoms with van der Waals surface area (Å²) in [5, 5.41) is 0. The van der Waals surface area contributed by atoms with E-state index in [1.165, 1.54) is 231 Å². The van der Waals surface area contributed by atoms with E-state index in [0.717, 1.165) is 89.9 Å². The lowest BCUT2D eigenvalue weighted by Gasteiger charge is -2.18. The molecule has 0 aliphatic carbocycles. The molecule has 0 bridgehead atoms. The highest BCUT2D eigenvalue weighted by molar-refractivity contribution is 5.71. The smallest absolute Gasteiger partial charge is 0.306 e. The molecular weight excluding hydrogens is 961 g/mol. The van der Waals surface area contributed by atoms with E-state index in [-0.39, 0.29) is 31.1 Å². The summed E-state index contributed by atoms with van der Waals surface area (Å²) >= 11 is 0. The molecule has 0 saturated carbocycles. The molecule has 454 valence electrons. The summed E-state index contributed by atoms with van der Waals surface area (Å²) in [7, 11) is 0. The van der Waals surface area contributed by atoms with Crippen molar-refractivity contribution in [2.75, 3.05) is 13.2 Å². The van der Waals surface area contributed by atoms with E-state index in [9.17, 15) is 14.4 Å². The van der Waals surface area contributed by atoms with Crippen LogP contribution < -0.4 is 0 Å². The lowest BCUT2D eigenvalue weighted by atomic mass is 10.0. The lowest BCUT2D eigenvalue weighted by Crippen LogP contribution is -2.30. The van der Waals surface area contributed by atoms with Crippen LogP contribution in [0.1, 0.15) is 361 Å². The summed E-state index contributed by atoms with van der Waals surface area (Å²) in [6.07, 6.45) is 85.2. The quantitative estimate of drug-likeness (QED) is 0.0261. The number of esters is 3. The Morgan fingerprint density at radius 3 is 0.782 bits per heavy atom. The molecule has 0 aromatic heterocycles. The Morgan fingerprint density at radius 2 is 0.500 bits per heavy atom. The molecule has 0 spiro atoms. The third-order valence-electron chi connectivity index (χ3n) is 15.3. The van der Waals surface area contributed by atoms with Gasteiger partial charge in [0.2, 0.25) is 0 Å². The first-order valence-electron chi connectivity index (χ1n) is 34.3. The Hall–Kier alpha value is -2.89. The van der Waals surface area contributed by atoms with Gasteiger partial charge in [-0.15, -0.1) is 0 Å². The topological polar surface area (TPSA) is 78.9 Å². The number of ether oxygens (including phenoxy) is 3. The minimum absolute atomic E-state index is 0.0675. The Morgan fingerprint density at radius 1 is 0.269 bits per heavy atom. The van der Waals surface area contributed by atoms with Crippen LogP contribution in [-0.4, -0.2) is 37.2 Å². The molecule has 0 rings (SSSR count). The first-order chi connectivity index (χ1) is 38.5. The van der Waals surface area contributed by atoms with Crippen LogP contribution in [0.2, 0.25) is 0 Å². The van der Waals surface area contributed by atoms with E-state index in [0.29, 0.717) is 19.3 Å². The van der Waals surface area contributed by atoms with Crippen LogP contribution in [0.3, 0.4) is 0 Å². The van der Waals surface area contributed by atoms with E-state index in [1.807, 2.05) is 0 Å². The molecule has 0 radical (unpaired) electrons. The number of carbonyl (C=O) groups is 3. The highest BCUT2D eigenvalue weighted by Crippen LogP contribution is 2.18. The van der Waals surface area contributed by atoms with E-state index in [4.69, 9.17) is 14.2 Å². The van der Waals surface area contributed by atoms with Gasteiger partial charge in [0.1, 0.15) is 13.2 Å². The van der Waals surface area contributed by atoms with Crippen molar-refractivity contribution in [3.8, 4) is 0 Å². The SMILES string of the molecule is CC/C=C\C/C=C\C/C=C\C/C=C\C/C=C\CCCCCCCCCCCCCCCC(=O)OCC(COC(=O)CCCCCCCCCCCCCCCC)OC(=O)CCCCCCCCCCCCCCCCCCC. The minimum atomic E-state index is -0.771. The summed E-state index contributed by atoms with van der Waals surface area (Å²) in [6.45, 7) is 6.59. The second kappa shape index (κ2) is 66.6. The molecule has 0 aliphatic heterocycles. The highest BCUT2D eigenvalue weighted by Gasteiger charge is 2.19. The summed E-state index contributed by atoms with van der Waals surface area (Å²) < 4.78 is 17.0. The molecule has 0 aliphatic rings. The lowest BCUT2D eigenvalue weighted by molar-refractivity contribution is -0.167. The fourth-order valence-electron chi connectivity index (χ4n) is 10.2. The number of hydrogen-bond acceptors (Lipinski definition) is 6. The number of unbranched alkanes of at least 4 members (excludes halogenated alkanes) is 42. The summed E-state index contributed by atoms with van der Waals surface area (Å²) in [6, 6.07) is 0. The Bertz CT molecular complexity index is 1390. The highest BCUT2D eigenvalue weighted by atomic mass is 16.6. The summed E-state index contributed by atoms with van der Waals surface area (Å²) in [4.78, 5) is 38.4. The number of hydrogen-bond donors (Lipinski definition) is 0. The largest absolute Gasteiger partial charge is 0.462 e. The first-order valence-corrected chi connectivity index (χ1v) is 34.3. The van der Waals surface area contributed by atoms with Crippen molar-refractivity contribution in [3.05, 3.63) is 60.8 Å². The normalized spacial score (nSPS) is 12.4. The van der Waals surface area contributed by atoms with Gasteiger partial charge in [0.25, 0.3) is 0 Å². The van der Waals surface area contributed by atoms with Crippen molar-refractivity contribution in [2.24, 2.45) is 0 Å². The zero-order valence-electron chi connectivity index (χ0n) is 52.2. The number of rotatable bonds is 63. The molecule has 6 heteroatoms. The Kier molecular flexibility index (Phi) is 64.2. The van der Waals surface area contributed by atoms with E-state index in [1.54, 1.807) is 0 Å². The van der Waals surface area contributed by atoms with Crippen LogP contribution in [0.5, 0.6) is 0 Å². The maximum absolute atomic E-state index is 12.9. The maximum atomic E-state index is 12.9. The van der Waals surface area contributed by atoms with Gasteiger partial charge in [-0.25, -0.2) is 0 Å². The van der Waals surface area contributed by atoms with Crippen LogP contribution >= 0.6 is 0 Å². The fourth-order valence-corrected chi connectivity index (χ4v) is 10.2. The molecule has 78 heavy (non-hydrogen) atoms. The van der Waals surface area contributed by atoms with Crippen molar-refractivity contribution in [2.45, 2.75) is 367 Å². The van der Waals surface area contributed by atoms with Gasteiger partial charge in [0.05, 0.1) is 0 Å². The average Bonchev–Trinajstić information content (AvgIpc) is 3.44. The van der Waals surface area contributed by atoms with E-state index in [2.05, 4.69) is 81.5 Å². The first kappa shape index (κ1) is 75.1. The Balaban J connectivity index is 4.22. The fraction of sp³-hybridized carbons (Fsp3) is 0.819. The number of carbonyl (C=O) groups excluding carboxylic acids is 3. The van der Waals surface area contributed by atoms with Gasteiger partial charge in [-0.1, -0.05) is 338 Å². The molecule has 0 amide bonds. The second-order valence-corrected chi connectivity index (χ2v) is 23.1. The Labute approximate surface area is 485 Å². The molecule has 1 atom stereocenters. The van der Waals surface area contributed by atoms with Gasteiger partial charge in [-0.05, 0) is 64.2 Å². The van der Waals surface area contributed by atoms with Crippen LogP contribution in [0.15, 0.2) is 60.8 Å². The predicted molar refractivity (Wildman–Crippen MR) is 339 cm³/mol. The van der Waals surface area contributed by atoms with Gasteiger partial charge >= 0.3 is 17.9 Å². The van der Waals surface area contributed by atoms with Crippen molar-refractivity contribution >= 4 is 17.9 Å². The molecular formula is C72H130O6. The molecule has 0 fully saturated rings. The molecule has 0 N–H and O–H groups in total. The molecule has 0 heterocycles. The van der Waals surface area contributed by atoms with Crippen LogP contribution in [0, 0.1) is 0 Å². The third-order valence-corrected chi connectivity index (χ3v) is 15.3. The van der Waals surface area contributed by atoms with Gasteiger partial charge in [-0.3, -0.25) is 14.4 Å². The predicted octanol–water partition coefficient (Wildman–Crippen LogP) is 23.5. The van der Waals surface area contributed by atoms with Gasteiger partial charge < -0.3 is 14.2 Å². The van der Waals surface area contributed by atoms with Gasteiger partial charge in [0.15, 0.2) is 6.10 Å². The van der Waals surface area contributed by atoms with Gasteiger partial charge in [-0.2, -0.15) is 0 Å². The zero-order valence-corrected chi connectivity index (χ0v) is 52.2. The molecule has 0 aromatic carbocycles. The monoisotopic (exact) mass is 1090 g/mol. The van der Waals surface area contributed by atoms with Crippen molar-refractivity contribution in [1.82, 2.24) is 0 Å². The van der Waals surface area contributed by atoms with Crippen molar-refractivity contribution < 1.29 is 28.6 Å². The maximum Gasteiger partial charge on any atom is 0.306 e. The molecule has 1 unspecified atom stereocenters. The third kappa shape index (κ3) is 63.9. The number of allylic oxidation sites excluding steroid dienone is 10.